The van der Waals surface area contributed by atoms with E-state index < -0.39 is 5.60 Å². The van der Waals surface area contributed by atoms with Gasteiger partial charge in [-0.25, -0.2) is 4.79 Å². The lowest BCUT2D eigenvalue weighted by atomic mass is 9.71. The van der Waals surface area contributed by atoms with Crippen LogP contribution in [0.2, 0.25) is 0 Å². The van der Waals surface area contributed by atoms with Crippen molar-refractivity contribution in [3.63, 3.8) is 0 Å². The summed E-state index contributed by atoms with van der Waals surface area (Å²) in [5, 5.41) is 11.8. The Morgan fingerprint density at radius 2 is 2.00 bits per heavy atom. The van der Waals surface area contributed by atoms with Crippen LogP contribution in [0.15, 0.2) is 21.3 Å². The molecule has 6 nitrogen and oxygen atoms in total. The van der Waals surface area contributed by atoms with Gasteiger partial charge in [0.1, 0.15) is 11.3 Å². The fraction of sp³-hybridized carbons (Fsp3) is 0.643. The van der Waals surface area contributed by atoms with Gasteiger partial charge in [0.2, 0.25) is 0 Å². The molecule has 0 radical (unpaired) electrons. The van der Waals surface area contributed by atoms with Crippen LogP contribution in [0.3, 0.4) is 0 Å². The Morgan fingerprint density at radius 1 is 1.18 bits per heavy atom. The number of unbranched alkanes of at least 4 members (excludes halogenated alkanes) is 3. The molecule has 34 heavy (non-hydrogen) atoms. The van der Waals surface area contributed by atoms with Gasteiger partial charge in [-0.05, 0) is 63.6 Å². The molecule has 2 atom stereocenters. The first-order chi connectivity index (χ1) is 16.3. The van der Waals surface area contributed by atoms with E-state index in [0.717, 1.165) is 73.4 Å². The number of ether oxygens (including phenoxy) is 1. The highest BCUT2D eigenvalue weighted by Gasteiger charge is 2.43. The molecule has 2 heterocycles. The minimum absolute atomic E-state index is 0.0593. The predicted octanol–water partition coefficient (Wildman–Crippen LogP) is 5.07. The molecule has 1 aromatic heterocycles. The van der Waals surface area contributed by atoms with Crippen molar-refractivity contribution in [2.24, 2.45) is 5.92 Å². The Balaban J connectivity index is 1.44. The molecule has 1 aromatic carbocycles. The average molecular weight is 470 g/mol. The van der Waals surface area contributed by atoms with Gasteiger partial charge in [-0.3, -0.25) is 4.79 Å². The Morgan fingerprint density at radius 3 is 2.79 bits per heavy atom. The molecule has 2 aliphatic rings. The number of hydrogen-bond donors (Lipinski definition) is 1. The fourth-order valence-corrected chi connectivity index (χ4v) is 5.77. The summed E-state index contributed by atoms with van der Waals surface area (Å²) in [6, 6.07) is 3.80. The van der Waals surface area contributed by atoms with Crippen molar-refractivity contribution >= 4 is 16.9 Å². The number of aliphatic hydroxyl groups is 1. The molecule has 2 fully saturated rings. The Kier molecular flexibility index (Phi) is 7.66. The number of amides is 1. The van der Waals surface area contributed by atoms with Crippen molar-refractivity contribution < 1.29 is 19.1 Å². The Hall–Kier alpha value is -2.34. The molecule has 1 N–H and O–H groups in total. The number of fused-ring (bicyclic) bond motifs is 2. The predicted molar refractivity (Wildman–Crippen MR) is 133 cm³/mol. The van der Waals surface area contributed by atoms with Crippen molar-refractivity contribution in [2.45, 2.75) is 90.6 Å². The van der Waals surface area contributed by atoms with Crippen LogP contribution >= 0.6 is 0 Å². The maximum atomic E-state index is 12.9. The monoisotopic (exact) mass is 469 g/mol. The number of benzene rings is 1. The average Bonchev–Trinajstić information content (AvgIpc) is 2.82. The molecule has 4 rings (SSSR count). The van der Waals surface area contributed by atoms with Gasteiger partial charge in [0.05, 0.1) is 5.60 Å². The highest BCUT2D eigenvalue weighted by Crippen LogP contribution is 2.39. The molecular formula is C28H39NO5. The van der Waals surface area contributed by atoms with E-state index in [2.05, 4.69) is 6.92 Å². The number of rotatable bonds is 8. The lowest BCUT2D eigenvalue weighted by Gasteiger charge is -2.47. The van der Waals surface area contributed by atoms with Gasteiger partial charge in [-0.2, -0.15) is 0 Å². The van der Waals surface area contributed by atoms with Crippen molar-refractivity contribution in [1.82, 2.24) is 4.90 Å². The number of likely N-dealkylation sites (tertiary alicyclic amines) is 1. The molecule has 1 saturated carbocycles. The van der Waals surface area contributed by atoms with Crippen LogP contribution in [-0.2, 0) is 11.2 Å². The first kappa shape index (κ1) is 24.8. The maximum Gasteiger partial charge on any atom is 0.339 e. The van der Waals surface area contributed by atoms with Crippen molar-refractivity contribution in [3.05, 3.63) is 39.2 Å². The molecule has 0 spiro atoms. The van der Waals surface area contributed by atoms with Gasteiger partial charge in [0, 0.05) is 35.5 Å². The molecule has 6 heteroatoms. The molecule has 1 amide bonds. The Bertz CT molecular complexity index is 1090. The second-order valence-electron chi connectivity index (χ2n) is 10.3. The smallest absolute Gasteiger partial charge is 0.339 e. The number of hydrogen-bond acceptors (Lipinski definition) is 5. The Labute approximate surface area is 202 Å². The summed E-state index contributed by atoms with van der Waals surface area (Å²) < 4.78 is 11.6. The van der Waals surface area contributed by atoms with Crippen molar-refractivity contribution in [3.8, 4) is 5.75 Å². The quantitative estimate of drug-likeness (QED) is 0.432. The topological polar surface area (TPSA) is 80.0 Å². The lowest BCUT2D eigenvalue weighted by Crippen LogP contribution is -2.55. The molecule has 0 bridgehead atoms. The summed E-state index contributed by atoms with van der Waals surface area (Å²) >= 11 is 0. The number of nitrogens with zero attached hydrogens (tertiary/aromatic N) is 1. The van der Waals surface area contributed by atoms with Crippen LogP contribution in [0.1, 0.15) is 81.4 Å². The van der Waals surface area contributed by atoms with Gasteiger partial charge in [0.15, 0.2) is 6.61 Å². The third-order valence-electron chi connectivity index (χ3n) is 8.07. The normalized spacial score (nSPS) is 22.6. The molecule has 2 aromatic rings. The number of carbonyl (C=O) groups is 1. The second kappa shape index (κ2) is 10.5. The fourth-order valence-electron chi connectivity index (χ4n) is 5.77. The van der Waals surface area contributed by atoms with Crippen LogP contribution in [-0.4, -0.2) is 41.2 Å². The van der Waals surface area contributed by atoms with E-state index in [-0.39, 0.29) is 24.1 Å². The molecule has 1 aliphatic heterocycles. The van der Waals surface area contributed by atoms with E-state index in [4.69, 9.17) is 9.15 Å². The highest BCUT2D eigenvalue weighted by atomic mass is 16.5. The summed E-state index contributed by atoms with van der Waals surface area (Å²) in [7, 11) is 0. The van der Waals surface area contributed by atoms with Crippen LogP contribution in [0.5, 0.6) is 5.75 Å². The standard InChI is InChI=1S/C28H39NO5/c1-4-5-6-7-11-23-19(2)22-12-13-24(20(3)26(22)34-27(23)31)33-18-25(30)29-16-15-28(32)14-9-8-10-21(28)17-29/h12-13,21,32H,4-11,14-18H2,1-3H3/t21-,28-/m1/s1. The van der Waals surface area contributed by atoms with Crippen molar-refractivity contribution in [1.29, 1.82) is 0 Å². The van der Waals surface area contributed by atoms with E-state index in [0.29, 0.717) is 30.8 Å². The van der Waals surface area contributed by atoms with E-state index in [9.17, 15) is 14.7 Å². The summed E-state index contributed by atoms with van der Waals surface area (Å²) in [5.41, 5.74) is 2.14. The number of carbonyl (C=O) groups excluding carboxylic acids is 1. The van der Waals surface area contributed by atoms with E-state index in [1.807, 2.05) is 30.9 Å². The van der Waals surface area contributed by atoms with Crippen LogP contribution < -0.4 is 10.4 Å². The number of piperidine rings is 1. The largest absolute Gasteiger partial charge is 0.483 e. The molecule has 0 unspecified atom stereocenters. The van der Waals surface area contributed by atoms with Crippen LogP contribution in [0, 0.1) is 19.8 Å². The summed E-state index contributed by atoms with van der Waals surface area (Å²) in [5.74, 6) is 0.659. The first-order valence-corrected chi connectivity index (χ1v) is 13.0. The van der Waals surface area contributed by atoms with Gasteiger partial charge in [-0.15, -0.1) is 0 Å². The summed E-state index contributed by atoms with van der Waals surface area (Å²) in [4.78, 5) is 27.4. The third-order valence-corrected chi connectivity index (χ3v) is 8.07. The van der Waals surface area contributed by atoms with Gasteiger partial charge < -0.3 is 19.2 Å². The third kappa shape index (κ3) is 5.02. The van der Waals surface area contributed by atoms with Crippen LogP contribution in [0.25, 0.3) is 11.0 Å². The molecule has 1 saturated heterocycles. The lowest BCUT2D eigenvalue weighted by molar-refractivity contribution is -0.145. The van der Waals surface area contributed by atoms with E-state index >= 15 is 0 Å². The summed E-state index contributed by atoms with van der Waals surface area (Å²) in [6.45, 7) is 7.14. The van der Waals surface area contributed by atoms with E-state index in [1.165, 1.54) is 6.42 Å². The van der Waals surface area contributed by atoms with Gasteiger partial charge in [-0.1, -0.05) is 39.0 Å². The van der Waals surface area contributed by atoms with Crippen molar-refractivity contribution in [2.75, 3.05) is 19.7 Å². The zero-order chi connectivity index (χ0) is 24.3. The van der Waals surface area contributed by atoms with Gasteiger partial charge >= 0.3 is 5.63 Å². The minimum Gasteiger partial charge on any atom is -0.483 e. The minimum atomic E-state index is -0.602. The number of aryl methyl sites for hydroxylation is 2. The molecule has 186 valence electrons. The molecular weight excluding hydrogens is 430 g/mol. The zero-order valence-corrected chi connectivity index (χ0v) is 21.0. The van der Waals surface area contributed by atoms with Gasteiger partial charge in [0.25, 0.3) is 5.91 Å². The molecule has 1 aliphatic carbocycles. The van der Waals surface area contributed by atoms with E-state index in [1.54, 1.807) is 0 Å². The summed E-state index contributed by atoms with van der Waals surface area (Å²) in [6.07, 6.45) is 9.83. The highest BCUT2D eigenvalue weighted by molar-refractivity contribution is 5.86. The first-order valence-electron chi connectivity index (χ1n) is 13.0. The zero-order valence-electron chi connectivity index (χ0n) is 21.0. The maximum absolute atomic E-state index is 12.9. The second-order valence-corrected chi connectivity index (χ2v) is 10.3. The van der Waals surface area contributed by atoms with Crippen LogP contribution in [0.4, 0.5) is 0 Å². The SMILES string of the molecule is CCCCCCc1c(C)c2ccc(OCC(=O)N3CC[C@]4(O)CCCC[C@@H]4C3)c(C)c2oc1=O.